The number of carbonyl (C=O) groups is 1. The summed E-state index contributed by atoms with van der Waals surface area (Å²) in [6.07, 6.45) is 2.93. The fraction of sp³-hybridized carbons (Fsp3) is 0.318. The molecule has 5 nitrogen and oxygen atoms in total. The second kappa shape index (κ2) is 7.50. The summed E-state index contributed by atoms with van der Waals surface area (Å²) in [7, 11) is 0. The Bertz CT molecular complexity index is 1090. The number of aromatic amines is 1. The van der Waals surface area contributed by atoms with Gasteiger partial charge >= 0.3 is 0 Å². The first-order valence-electron chi connectivity index (χ1n) is 9.46. The second-order valence-electron chi connectivity index (χ2n) is 8.18. The molecule has 1 unspecified atom stereocenters. The number of hydrogen-bond donors (Lipinski definition) is 2. The van der Waals surface area contributed by atoms with Gasteiger partial charge in [0.15, 0.2) is 10.9 Å². The fourth-order valence-corrected chi connectivity index (χ4v) is 4.81. The van der Waals surface area contributed by atoms with Crippen LogP contribution >= 0.6 is 23.4 Å². The minimum absolute atomic E-state index is 0.0684. The van der Waals surface area contributed by atoms with Crippen LogP contribution in [0.5, 0.6) is 0 Å². The van der Waals surface area contributed by atoms with Crippen LogP contribution in [-0.2, 0) is 4.79 Å². The largest absolute Gasteiger partial charge is 0.343 e. The molecule has 150 valence electrons. The highest BCUT2D eigenvalue weighted by Crippen LogP contribution is 2.47. The lowest BCUT2D eigenvalue weighted by Gasteiger charge is -2.38. The van der Waals surface area contributed by atoms with Crippen LogP contribution in [0.1, 0.15) is 43.7 Å². The van der Waals surface area contributed by atoms with E-state index in [1.165, 1.54) is 11.8 Å². The quantitative estimate of drug-likeness (QED) is 0.412. The van der Waals surface area contributed by atoms with Gasteiger partial charge in [0.2, 0.25) is 0 Å². The SMILES string of the molecule is C=CCSc1nc2c(c(=O)[nH]1)C(c1ccc(Cl)cc1)C1=C(CC(C)(C)CC1=O)N2. The first kappa shape index (κ1) is 20.0. The first-order chi connectivity index (χ1) is 13.8. The van der Waals surface area contributed by atoms with Crippen molar-refractivity contribution in [1.82, 2.24) is 9.97 Å². The Morgan fingerprint density at radius 2 is 2.00 bits per heavy atom. The van der Waals surface area contributed by atoms with Crippen molar-refractivity contribution in [2.24, 2.45) is 5.41 Å². The van der Waals surface area contributed by atoms with Gasteiger partial charge in [0.25, 0.3) is 5.56 Å². The molecule has 1 aliphatic carbocycles. The molecule has 0 spiro atoms. The molecule has 0 saturated heterocycles. The van der Waals surface area contributed by atoms with Crippen molar-refractivity contribution in [1.29, 1.82) is 0 Å². The summed E-state index contributed by atoms with van der Waals surface area (Å²) in [4.78, 5) is 33.7. The van der Waals surface area contributed by atoms with Crippen LogP contribution < -0.4 is 10.9 Å². The number of ketones is 1. The predicted octanol–water partition coefficient (Wildman–Crippen LogP) is 4.90. The summed E-state index contributed by atoms with van der Waals surface area (Å²) in [5.41, 5.74) is 2.47. The topological polar surface area (TPSA) is 74.8 Å². The molecule has 0 saturated carbocycles. The van der Waals surface area contributed by atoms with E-state index >= 15 is 0 Å². The van der Waals surface area contributed by atoms with Crippen molar-refractivity contribution in [3.63, 3.8) is 0 Å². The van der Waals surface area contributed by atoms with Gasteiger partial charge in [-0.25, -0.2) is 4.98 Å². The zero-order chi connectivity index (χ0) is 20.8. The van der Waals surface area contributed by atoms with Gasteiger partial charge in [-0.15, -0.1) is 6.58 Å². The molecule has 1 atom stereocenters. The van der Waals surface area contributed by atoms with Gasteiger partial charge in [0.05, 0.1) is 5.56 Å². The number of anilines is 1. The predicted molar refractivity (Wildman–Crippen MR) is 118 cm³/mol. The Kier molecular flexibility index (Phi) is 5.17. The lowest BCUT2D eigenvalue weighted by Crippen LogP contribution is -2.37. The van der Waals surface area contributed by atoms with E-state index in [0.717, 1.165) is 17.7 Å². The van der Waals surface area contributed by atoms with Crippen molar-refractivity contribution in [3.05, 3.63) is 74.7 Å². The molecule has 29 heavy (non-hydrogen) atoms. The maximum absolute atomic E-state index is 13.2. The van der Waals surface area contributed by atoms with Crippen LogP contribution in [-0.4, -0.2) is 21.5 Å². The van der Waals surface area contributed by atoms with E-state index in [-0.39, 0.29) is 16.8 Å². The number of aromatic nitrogens is 2. The van der Waals surface area contributed by atoms with Crippen molar-refractivity contribution in [2.45, 2.75) is 37.8 Å². The third-order valence-corrected chi connectivity index (χ3v) is 6.36. The summed E-state index contributed by atoms with van der Waals surface area (Å²) in [5.74, 6) is 0.766. The smallest absolute Gasteiger partial charge is 0.257 e. The molecular formula is C22H22ClN3O2S. The lowest BCUT2D eigenvalue weighted by atomic mass is 9.69. The molecule has 1 aliphatic heterocycles. The molecule has 4 rings (SSSR count). The average Bonchev–Trinajstić information content (AvgIpc) is 2.64. The molecule has 0 amide bonds. The van der Waals surface area contributed by atoms with Crippen LogP contribution in [0.15, 0.2) is 58.1 Å². The van der Waals surface area contributed by atoms with E-state index in [1.54, 1.807) is 18.2 Å². The Morgan fingerprint density at radius 1 is 1.28 bits per heavy atom. The summed E-state index contributed by atoms with van der Waals surface area (Å²) >= 11 is 7.48. The van der Waals surface area contributed by atoms with Gasteiger partial charge in [-0.2, -0.15) is 0 Å². The fourth-order valence-electron chi connectivity index (χ4n) is 4.09. The van der Waals surface area contributed by atoms with Gasteiger partial charge in [-0.1, -0.05) is 55.4 Å². The van der Waals surface area contributed by atoms with Gasteiger partial charge < -0.3 is 10.3 Å². The normalized spacial score (nSPS) is 20.0. The Hall–Kier alpha value is -2.31. The molecule has 1 aromatic carbocycles. The van der Waals surface area contributed by atoms with Gasteiger partial charge in [-0.05, 0) is 29.5 Å². The number of thioether (sulfide) groups is 1. The number of rotatable bonds is 4. The Labute approximate surface area is 178 Å². The van der Waals surface area contributed by atoms with Gasteiger partial charge in [0.1, 0.15) is 5.82 Å². The molecule has 1 aromatic heterocycles. The number of H-pyrrole nitrogens is 1. The highest BCUT2D eigenvalue weighted by atomic mass is 35.5. The number of fused-ring (bicyclic) bond motifs is 1. The first-order valence-corrected chi connectivity index (χ1v) is 10.8. The van der Waals surface area contributed by atoms with E-state index in [9.17, 15) is 9.59 Å². The van der Waals surface area contributed by atoms with E-state index < -0.39 is 5.92 Å². The molecule has 2 aromatic rings. The Balaban J connectivity index is 1.92. The zero-order valence-electron chi connectivity index (χ0n) is 16.3. The molecule has 0 fully saturated rings. The maximum Gasteiger partial charge on any atom is 0.257 e. The second-order valence-corrected chi connectivity index (χ2v) is 9.62. The summed E-state index contributed by atoms with van der Waals surface area (Å²) in [6.45, 7) is 7.88. The van der Waals surface area contributed by atoms with Crippen LogP contribution in [0, 0.1) is 5.41 Å². The molecule has 2 N–H and O–H groups in total. The molecule has 2 aliphatic rings. The van der Waals surface area contributed by atoms with Crippen LogP contribution in [0.4, 0.5) is 5.82 Å². The highest BCUT2D eigenvalue weighted by molar-refractivity contribution is 7.99. The van der Waals surface area contributed by atoms with E-state index in [4.69, 9.17) is 11.6 Å². The minimum Gasteiger partial charge on any atom is -0.343 e. The van der Waals surface area contributed by atoms with Crippen LogP contribution in [0.3, 0.4) is 0 Å². The van der Waals surface area contributed by atoms with Crippen molar-refractivity contribution < 1.29 is 4.79 Å². The van der Waals surface area contributed by atoms with E-state index in [0.29, 0.717) is 39.3 Å². The summed E-state index contributed by atoms with van der Waals surface area (Å²) in [6, 6.07) is 7.32. The van der Waals surface area contributed by atoms with Gasteiger partial charge in [0, 0.05) is 34.4 Å². The number of hydrogen-bond acceptors (Lipinski definition) is 5. The number of nitrogens with zero attached hydrogens (tertiary/aromatic N) is 1. The third kappa shape index (κ3) is 3.79. The number of halogens is 1. The number of benzene rings is 1. The van der Waals surface area contributed by atoms with E-state index in [1.807, 2.05) is 12.1 Å². The monoisotopic (exact) mass is 427 g/mol. The molecule has 2 heterocycles. The zero-order valence-corrected chi connectivity index (χ0v) is 17.9. The number of carbonyl (C=O) groups excluding carboxylic acids is 1. The molecule has 0 radical (unpaired) electrons. The summed E-state index contributed by atoms with van der Waals surface area (Å²) in [5, 5.41) is 4.45. The standard InChI is InChI=1S/C22H22ClN3O2S/c1-4-9-29-21-25-19-18(20(28)26-21)16(12-5-7-13(23)8-6-12)17-14(24-19)10-22(2,3)11-15(17)27/h4-8,16H,1,9-11H2,2-3H3,(H2,24,25,26,28). The number of allylic oxidation sites excluding steroid dienone is 2. The highest BCUT2D eigenvalue weighted by Gasteiger charge is 2.42. The Morgan fingerprint density at radius 3 is 2.69 bits per heavy atom. The minimum atomic E-state index is -0.461. The molecule has 7 heteroatoms. The molecular weight excluding hydrogens is 406 g/mol. The van der Waals surface area contributed by atoms with E-state index in [2.05, 4.69) is 35.7 Å². The maximum atomic E-state index is 13.2. The number of Topliss-reactive ketones (excluding diaryl/α,β-unsaturated/α-hetero) is 1. The van der Waals surface area contributed by atoms with Crippen molar-refractivity contribution in [3.8, 4) is 0 Å². The average molecular weight is 428 g/mol. The summed E-state index contributed by atoms with van der Waals surface area (Å²) < 4.78 is 0. The lowest BCUT2D eigenvalue weighted by molar-refractivity contribution is -0.118. The van der Waals surface area contributed by atoms with Gasteiger partial charge in [-0.3, -0.25) is 9.59 Å². The van der Waals surface area contributed by atoms with Crippen LogP contribution in [0.2, 0.25) is 5.02 Å². The van der Waals surface area contributed by atoms with Crippen molar-refractivity contribution >= 4 is 35.0 Å². The van der Waals surface area contributed by atoms with Crippen LogP contribution in [0.25, 0.3) is 0 Å². The van der Waals surface area contributed by atoms with Crippen molar-refractivity contribution in [2.75, 3.05) is 11.1 Å². The molecule has 0 bridgehead atoms. The third-order valence-electron chi connectivity index (χ3n) is 5.24. The number of nitrogens with one attached hydrogen (secondary N) is 2.